The third-order valence-corrected chi connectivity index (χ3v) is 5.65. The minimum absolute atomic E-state index is 0.0622. The van der Waals surface area contributed by atoms with Crippen LogP contribution < -0.4 is 19.6 Å². The van der Waals surface area contributed by atoms with Gasteiger partial charge in [-0.15, -0.1) is 0 Å². The minimum atomic E-state index is -0.559. The molecular weight excluding hydrogens is 468 g/mol. The molecule has 0 spiro atoms. The zero-order valence-corrected chi connectivity index (χ0v) is 19.9. The Bertz CT molecular complexity index is 1620. The summed E-state index contributed by atoms with van der Waals surface area (Å²) < 4.78 is 21.9. The van der Waals surface area contributed by atoms with Crippen LogP contribution in [0.5, 0.6) is 23.0 Å². The van der Waals surface area contributed by atoms with E-state index in [2.05, 4.69) is 0 Å². The molecule has 5 aromatic rings. The van der Waals surface area contributed by atoms with E-state index in [4.69, 9.17) is 18.6 Å². The summed E-state index contributed by atoms with van der Waals surface area (Å²) >= 11 is 0. The molecule has 0 aliphatic carbocycles. The maximum atomic E-state index is 12.9. The fourth-order valence-electron chi connectivity index (χ4n) is 3.73. The van der Waals surface area contributed by atoms with E-state index >= 15 is 0 Å². The van der Waals surface area contributed by atoms with E-state index in [0.717, 1.165) is 22.4 Å². The molecule has 0 radical (unpaired) electrons. The first kappa shape index (κ1) is 23.6. The second-order valence-corrected chi connectivity index (χ2v) is 8.11. The molecule has 0 N–H and O–H groups in total. The highest BCUT2D eigenvalue weighted by atomic mass is 16.5. The van der Waals surface area contributed by atoms with Crippen molar-refractivity contribution in [3.05, 3.63) is 125 Å². The standard InChI is InChI=1S/C31H22O6/c1-34-24-12-7-21(8-13-24)9-18-30(32)37-26-16-17-27-28(19-26)35-20-29(31(27)33)36-25-14-10-23(11-15-25)22-5-3-2-4-6-22/h2-20H,1H3. The maximum absolute atomic E-state index is 12.9. The van der Waals surface area contributed by atoms with Crippen LogP contribution in [0.15, 0.2) is 119 Å². The Morgan fingerprint density at radius 3 is 2.19 bits per heavy atom. The smallest absolute Gasteiger partial charge is 0.336 e. The summed E-state index contributed by atoms with van der Waals surface area (Å²) in [4.78, 5) is 25.2. The Hall–Kier alpha value is -5.10. The normalized spacial score (nSPS) is 10.9. The summed E-state index contributed by atoms with van der Waals surface area (Å²) in [6.07, 6.45) is 4.21. The lowest BCUT2D eigenvalue weighted by Crippen LogP contribution is -2.06. The minimum Gasteiger partial charge on any atom is -0.497 e. The number of carbonyl (C=O) groups excluding carboxylic acids is 1. The van der Waals surface area contributed by atoms with Crippen LogP contribution in [0, 0.1) is 0 Å². The quantitative estimate of drug-likeness (QED) is 0.141. The van der Waals surface area contributed by atoms with Gasteiger partial charge in [-0.05, 0) is 59.2 Å². The molecule has 1 heterocycles. The third kappa shape index (κ3) is 5.60. The van der Waals surface area contributed by atoms with E-state index in [1.54, 1.807) is 43.5 Å². The van der Waals surface area contributed by atoms with E-state index in [0.29, 0.717) is 11.1 Å². The Morgan fingerprint density at radius 1 is 0.784 bits per heavy atom. The molecule has 0 fully saturated rings. The van der Waals surface area contributed by atoms with E-state index in [9.17, 15) is 9.59 Å². The van der Waals surface area contributed by atoms with Gasteiger partial charge in [0.1, 0.15) is 29.1 Å². The van der Waals surface area contributed by atoms with Crippen LogP contribution in [0.2, 0.25) is 0 Å². The van der Waals surface area contributed by atoms with Crippen LogP contribution in [0.25, 0.3) is 28.2 Å². The first-order valence-corrected chi connectivity index (χ1v) is 11.5. The lowest BCUT2D eigenvalue weighted by Gasteiger charge is -2.08. The summed E-state index contributed by atoms with van der Waals surface area (Å²) in [6.45, 7) is 0. The average Bonchev–Trinajstić information content (AvgIpc) is 2.94. The summed E-state index contributed by atoms with van der Waals surface area (Å²) in [5.74, 6) is 1.00. The fraction of sp³-hybridized carbons (Fsp3) is 0.0323. The van der Waals surface area contributed by atoms with Gasteiger partial charge in [-0.1, -0.05) is 54.6 Å². The molecule has 0 saturated carbocycles. The van der Waals surface area contributed by atoms with Crippen LogP contribution in [-0.2, 0) is 4.79 Å². The summed E-state index contributed by atoms with van der Waals surface area (Å²) in [6, 6.07) is 29.2. The molecule has 37 heavy (non-hydrogen) atoms. The number of esters is 1. The number of rotatable bonds is 7. The zero-order chi connectivity index (χ0) is 25.6. The van der Waals surface area contributed by atoms with Crippen LogP contribution in [0.4, 0.5) is 0 Å². The van der Waals surface area contributed by atoms with E-state index in [1.165, 1.54) is 24.5 Å². The van der Waals surface area contributed by atoms with Gasteiger partial charge < -0.3 is 18.6 Å². The largest absolute Gasteiger partial charge is 0.497 e. The first-order chi connectivity index (χ1) is 18.1. The van der Waals surface area contributed by atoms with Crippen molar-refractivity contribution in [1.82, 2.24) is 0 Å². The summed E-state index contributed by atoms with van der Waals surface area (Å²) in [7, 11) is 1.59. The van der Waals surface area contributed by atoms with Gasteiger partial charge in [0.2, 0.25) is 11.2 Å². The number of fused-ring (bicyclic) bond motifs is 1. The predicted molar refractivity (Wildman–Crippen MR) is 142 cm³/mol. The molecule has 0 atom stereocenters. The van der Waals surface area contributed by atoms with Gasteiger partial charge >= 0.3 is 5.97 Å². The molecule has 0 saturated heterocycles. The molecule has 5 rings (SSSR count). The molecule has 4 aromatic carbocycles. The van der Waals surface area contributed by atoms with Crippen LogP contribution in [-0.4, -0.2) is 13.1 Å². The Kier molecular flexibility index (Phi) is 6.81. The number of ether oxygens (including phenoxy) is 3. The topological polar surface area (TPSA) is 75.0 Å². The van der Waals surface area contributed by atoms with E-state index in [-0.39, 0.29) is 22.5 Å². The van der Waals surface area contributed by atoms with Gasteiger partial charge in [-0.3, -0.25) is 4.79 Å². The number of carbonyl (C=O) groups is 1. The predicted octanol–water partition coefficient (Wildman–Crippen LogP) is 6.88. The zero-order valence-electron chi connectivity index (χ0n) is 19.9. The number of hydrogen-bond acceptors (Lipinski definition) is 6. The molecule has 0 bridgehead atoms. The van der Waals surface area contributed by atoms with Crippen molar-refractivity contribution in [3.8, 4) is 34.1 Å². The second kappa shape index (κ2) is 10.7. The molecule has 1 aromatic heterocycles. The Morgan fingerprint density at radius 2 is 1.46 bits per heavy atom. The molecular formula is C31H22O6. The fourth-order valence-corrected chi connectivity index (χ4v) is 3.73. The van der Waals surface area contributed by atoms with Gasteiger partial charge in [0.05, 0.1) is 12.5 Å². The van der Waals surface area contributed by atoms with Crippen molar-refractivity contribution < 1.29 is 23.4 Å². The summed E-state index contributed by atoms with van der Waals surface area (Å²) in [5.41, 5.74) is 2.91. The van der Waals surface area contributed by atoms with Crippen molar-refractivity contribution in [1.29, 1.82) is 0 Å². The third-order valence-electron chi connectivity index (χ3n) is 5.65. The Labute approximate surface area is 213 Å². The van der Waals surface area contributed by atoms with Gasteiger partial charge in [-0.2, -0.15) is 0 Å². The molecule has 0 amide bonds. The van der Waals surface area contributed by atoms with Gasteiger partial charge in [0, 0.05) is 12.1 Å². The summed E-state index contributed by atoms with van der Waals surface area (Å²) in [5, 5.41) is 0.312. The number of benzene rings is 4. The van der Waals surface area contributed by atoms with Crippen molar-refractivity contribution in [2.45, 2.75) is 0 Å². The Balaban J connectivity index is 1.28. The van der Waals surface area contributed by atoms with Crippen LogP contribution in [0.3, 0.4) is 0 Å². The molecule has 0 unspecified atom stereocenters. The van der Waals surface area contributed by atoms with E-state index in [1.807, 2.05) is 54.6 Å². The number of hydrogen-bond donors (Lipinski definition) is 0. The monoisotopic (exact) mass is 490 g/mol. The van der Waals surface area contributed by atoms with Gasteiger partial charge in [0.15, 0.2) is 0 Å². The highest BCUT2D eigenvalue weighted by Gasteiger charge is 2.11. The highest BCUT2D eigenvalue weighted by Crippen LogP contribution is 2.27. The maximum Gasteiger partial charge on any atom is 0.336 e. The highest BCUT2D eigenvalue weighted by molar-refractivity contribution is 5.89. The molecule has 6 nitrogen and oxygen atoms in total. The van der Waals surface area contributed by atoms with Crippen molar-refractivity contribution in [2.75, 3.05) is 7.11 Å². The lowest BCUT2D eigenvalue weighted by atomic mass is 10.1. The van der Waals surface area contributed by atoms with Gasteiger partial charge in [-0.25, -0.2) is 4.79 Å². The van der Waals surface area contributed by atoms with Crippen LogP contribution >= 0.6 is 0 Å². The van der Waals surface area contributed by atoms with Crippen molar-refractivity contribution >= 4 is 23.0 Å². The molecule has 0 aliphatic rings. The SMILES string of the molecule is COc1ccc(C=CC(=O)Oc2ccc3c(=O)c(Oc4ccc(-c5ccccc5)cc4)coc3c2)cc1. The molecule has 182 valence electrons. The first-order valence-electron chi connectivity index (χ1n) is 11.5. The van der Waals surface area contributed by atoms with Crippen LogP contribution in [0.1, 0.15) is 5.56 Å². The van der Waals surface area contributed by atoms with Crippen molar-refractivity contribution in [2.24, 2.45) is 0 Å². The second-order valence-electron chi connectivity index (χ2n) is 8.11. The molecule has 6 heteroatoms. The number of methoxy groups -OCH3 is 1. The molecule has 0 aliphatic heterocycles. The van der Waals surface area contributed by atoms with Gasteiger partial charge in [0.25, 0.3) is 0 Å². The van der Waals surface area contributed by atoms with E-state index < -0.39 is 5.97 Å². The lowest BCUT2D eigenvalue weighted by molar-refractivity contribution is -0.128. The average molecular weight is 491 g/mol. The van der Waals surface area contributed by atoms with Crippen molar-refractivity contribution in [3.63, 3.8) is 0 Å².